The Kier molecular flexibility index (Phi) is 4.29. The van der Waals surface area contributed by atoms with E-state index < -0.39 is 0 Å². The van der Waals surface area contributed by atoms with Crippen LogP contribution in [0.2, 0.25) is 0 Å². The number of aryl methyl sites for hydroxylation is 1. The lowest BCUT2D eigenvalue weighted by molar-refractivity contribution is -0.144. The summed E-state index contributed by atoms with van der Waals surface area (Å²) in [6.07, 6.45) is 5.12. The van der Waals surface area contributed by atoms with Gasteiger partial charge >= 0.3 is 0 Å². The number of benzene rings is 1. The molecule has 0 aromatic heterocycles. The van der Waals surface area contributed by atoms with Crippen molar-refractivity contribution in [2.24, 2.45) is 5.41 Å². The molecular formula is C18H26N2O. The number of amides is 1. The van der Waals surface area contributed by atoms with E-state index in [1.54, 1.807) is 0 Å². The number of rotatable bonds is 2. The summed E-state index contributed by atoms with van der Waals surface area (Å²) in [5.41, 5.74) is 2.64. The predicted octanol–water partition coefficient (Wildman–Crippen LogP) is 2.74. The fourth-order valence-electron chi connectivity index (χ4n) is 3.83. The van der Waals surface area contributed by atoms with Crippen LogP contribution in [0.3, 0.4) is 0 Å². The molecule has 3 heteroatoms. The fraction of sp³-hybridized carbons (Fsp3) is 0.611. The summed E-state index contributed by atoms with van der Waals surface area (Å²) in [5, 5.41) is 3.39. The topological polar surface area (TPSA) is 32.3 Å². The zero-order chi connectivity index (χ0) is 14.7. The van der Waals surface area contributed by atoms with Crippen LogP contribution >= 0.6 is 0 Å². The SMILES string of the molecule is CCC1(C(=O)N2CCCc3ccccc3C2)CCNCC1. The first kappa shape index (κ1) is 14.6. The molecule has 0 radical (unpaired) electrons. The Balaban J connectivity index is 1.81. The van der Waals surface area contributed by atoms with E-state index in [0.717, 1.165) is 58.3 Å². The first-order valence-electron chi connectivity index (χ1n) is 8.32. The molecule has 0 spiro atoms. The van der Waals surface area contributed by atoms with E-state index in [2.05, 4.69) is 41.4 Å². The van der Waals surface area contributed by atoms with Crippen LogP contribution in [0.4, 0.5) is 0 Å². The lowest BCUT2D eigenvalue weighted by atomic mass is 9.75. The Labute approximate surface area is 127 Å². The number of hydrogen-bond acceptors (Lipinski definition) is 2. The Morgan fingerprint density at radius 3 is 2.67 bits per heavy atom. The molecule has 0 saturated carbocycles. The van der Waals surface area contributed by atoms with Crippen LogP contribution in [0.25, 0.3) is 0 Å². The molecule has 3 nitrogen and oxygen atoms in total. The maximum Gasteiger partial charge on any atom is 0.229 e. The maximum absolute atomic E-state index is 13.2. The van der Waals surface area contributed by atoms with Gasteiger partial charge in [-0.25, -0.2) is 0 Å². The smallest absolute Gasteiger partial charge is 0.229 e. The van der Waals surface area contributed by atoms with Gasteiger partial charge in [-0.3, -0.25) is 4.79 Å². The molecule has 1 amide bonds. The average molecular weight is 286 g/mol. The monoisotopic (exact) mass is 286 g/mol. The Morgan fingerprint density at radius 1 is 1.24 bits per heavy atom. The molecule has 0 unspecified atom stereocenters. The summed E-state index contributed by atoms with van der Waals surface area (Å²) >= 11 is 0. The molecule has 1 fully saturated rings. The van der Waals surface area contributed by atoms with Crippen LogP contribution in [0.15, 0.2) is 24.3 Å². The minimum absolute atomic E-state index is 0.121. The normalized spacial score (nSPS) is 21.5. The van der Waals surface area contributed by atoms with Gasteiger partial charge in [-0.05, 0) is 56.3 Å². The van der Waals surface area contributed by atoms with Crippen molar-refractivity contribution in [2.75, 3.05) is 19.6 Å². The third kappa shape index (κ3) is 2.84. The lowest BCUT2D eigenvalue weighted by Crippen LogP contribution is -2.48. The van der Waals surface area contributed by atoms with Crippen molar-refractivity contribution in [1.82, 2.24) is 10.2 Å². The second-order valence-electron chi connectivity index (χ2n) is 6.48. The first-order chi connectivity index (χ1) is 10.2. The molecule has 0 bridgehead atoms. The molecule has 1 saturated heterocycles. The second-order valence-corrected chi connectivity index (χ2v) is 6.48. The van der Waals surface area contributed by atoms with Gasteiger partial charge in [0.1, 0.15) is 0 Å². The number of piperidine rings is 1. The molecule has 3 rings (SSSR count). The van der Waals surface area contributed by atoms with Crippen molar-refractivity contribution < 1.29 is 4.79 Å². The number of nitrogens with zero attached hydrogens (tertiary/aromatic N) is 1. The van der Waals surface area contributed by atoms with Crippen LogP contribution in [0.5, 0.6) is 0 Å². The Bertz CT molecular complexity index is 506. The highest BCUT2D eigenvalue weighted by Crippen LogP contribution is 2.36. The van der Waals surface area contributed by atoms with Crippen molar-refractivity contribution in [2.45, 2.75) is 45.6 Å². The molecule has 2 aliphatic rings. The van der Waals surface area contributed by atoms with Gasteiger partial charge in [0.05, 0.1) is 5.41 Å². The van der Waals surface area contributed by atoms with Gasteiger partial charge < -0.3 is 10.2 Å². The van der Waals surface area contributed by atoms with E-state index >= 15 is 0 Å². The van der Waals surface area contributed by atoms with E-state index in [1.807, 2.05) is 0 Å². The largest absolute Gasteiger partial charge is 0.338 e. The molecule has 1 aromatic carbocycles. The summed E-state index contributed by atoms with van der Waals surface area (Å²) in [5.74, 6) is 0.392. The second kappa shape index (κ2) is 6.18. The molecule has 1 N–H and O–H groups in total. The van der Waals surface area contributed by atoms with Gasteiger partial charge in [0.2, 0.25) is 5.91 Å². The fourth-order valence-corrected chi connectivity index (χ4v) is 3.83. The maximum atomic E-state index is 13.2. The quantitative estimate of drug-likeness (QED) is 0.906. The summed E-state index contributed by atoms with van der Waals surface area (Å²) in [6, 6.07) is 8.59. The minimum atomic E-state index is -0.121. The van der Waals surface area contributed by atoms with E-state index in [0.29, 0.717) is 5.91 Å². The van der Waals surface area contributed by atoms with Crippen molar-refractivity contribution in [3.05, 3.63) is 35.4 Å². The van der Waals surface area contributed by atoms with Crippen LogP contribution in [0.1, 0.15) is 43.7 Å². The number of nitrogens with one attached hydrogen (secondary N) is 1. The van der Waals surface area contributed by atoms with Crippen LogP contribution < -0.4 is 5.32 Å². The van der Waals surface area contributed by atoms with Crippen molar-refractivity contribution in [3.8, 4) is 0 Å². The molecule has 114 valence electrons. The summed E-state index contributed by atoms with van der Waals surface area (Å²) in [6.45, 7) is 5.83. The number of carbonyl (C=O) groups is 1. The standard InChI is InChI=1S/C18H26N2O/c1-2-18(9-11-19-12-10-18)17(21)20-13-5-8-15-6-3-4-7-16(15)14-20/h3-4,6-7,19H,2,5,8-14H2,1H3. The first-order valence-corrected chi connectivity index (χ1v) is 8.32. The number of carbonyl (C=O) groups excluding carboxylic acids is 1. The lowest BCUT2D eigenvalue weighted by Gasteiger charge is -2.39. The molecule has 1 aromatic rings. The van der Waals surface area contributed by atoms with Gasteiger partial charge in [-0.15, -0.1) is 0 Å². The summed E-state index contributed by atoms with van der Waals surface area (Å²) in [7, 11) is 0. The van der Waals surface area contributed by atoms with Crippen molar-refractivity contribution in [3.63, 3.8) is 0 Å². The summed E-state index contributed by atoms with van der Waals surface area (Å²) < 4.78 is 0. The Morgan fingerprint density at radius 2 is 1.95 bits per heavy atom. The number of hydrogen-bond donors (Lipinski definition) is 1. The highest BCUT2D eigenvalue weighted by Gasteiger charge is 2.40. The van der Waals surface area contributed by atoms with Gasteiger partial charge in [0, 0.05) is 13.1 Å². The van der Waals surface area contributed by atoms with Crippen molar-refractivity contribution in [1.29, 1.82) is 0 Å². The van der Waals surface area contributed by atoms with Gasteiger partial charge in [-0.2, -0.15) is 0 Å². The summed E-state index contributed by atoms with van der Waals surface area (Å²) in [4.78, 5) is 15.3. The molecular weight excluding hydrogens is 260 g/mol. The molecule has 0 aliphatic carbocycles. The van der Waals surface area contributed by atoms with E-state index in [4.69, 9.17) is 0 Å². The third-order valence-electron chi connectivity index (χ3n) is 5.33. The van der Waals surface area contributed by atoms with E-state index in [9.17, 15) is 4.79 Å². The van der Waals surface area contributed by atoms with Crippen LogP contribution in [-0.2, 0) is 17.8 Å². The van der Waals surface area contributed by atoms with E-state index in [-0.39, 0.29) is 5.41 Å². The van der Waals surface area contributed by atoms with E-state index in [1.165, 1.54) is 11.1 Å². The molecule has 21 heavy (non-hydrogen) atoms. The van der Waals surface area contributed by atoms with Gasteiger partial charge in [0.25, 0.3) is 0 Å². The minimum Gasteiger partial charge on any atom is -0.338 e. The van der Waals surface area contributed by atoms with Gasteiger partial charge in [0.15, 0.2) is 0 Å². The van der Waals surface area contributed by atoms with Crippen LogP contribution in [-0.4, -0.2) is 30.4 Å². The average Bonchev–Trinajstić information content (AvgIpc) is 2.77. The molecule has 2 aliphatic heterocycles. The van der Waals surface area contributed by atoms with Gasteiger partial charge in [-0.1, -0.05) is 31.2 Å². The number of fused-ring (bicyclic) bond motifs is 1. The van der Waals surface area contributed by atoms with Crippen LogP contribution in [0, 0.1) is 5.41 Å². The molecule has 2 heterocycles. The zero-order valence-corrected chi connectivity index (χ0v) is 13.0. The Hall–Kier alpha value is -1.35. The highest BCUT2D eigenvalue weighted by molar-refractivity contribution is 5.83. The van der Waals surface area contributed by atoms with Crippen molar-refractivity contribution >= 4 is 5.91 Å². The molecule has 0 atom stereocenters. The predicted molar refractivity (Wildman–Crippen MR) is 85.0 cm³/mol. The zero-order valence-electron chi connectivity index (χ0n) is 13.0. The highest BCUT2D eigenvalue weighted by atomic mass is 16.2. The third-order valence-corrected chi connectivity index (χ3v) is 5.33.